The molecule has 2 N–H and O–H groups in total. The van der Waals surface area contributed by atoms with Gasteiger partial charge in [0, 0.05) is 16.9 Å². The van der Waals surface area contributed by atoms with Gasteiger partial charge in [0.1, 0.15) is 17.4 Å². The van der Waals surface area contributed by atoms with Gasteiger partial charge in [-0.05, 0) is 42.0 Å². The molecule has 172 valence electrons. The van der Waals surface area contributed by atoms with E-state index in [4.69, 9.17) is 16.3 Å². The predicted molar refractivity (Wildman–Crippen MR) is 134 cm³/mol. The fraction of sp³-hybridized carbons (Fsp3) is 0.115. The van der Waals surface area contributed by atoms with Gasteiger partial charge in [-0.25, -0.2) is 4.98 Å². The van der Waals surface area contributed by atoms with Crippen molar-refractivity contribution in [2.24, 2.45) is 0 Å². The fourth-order valence-electron chi connectivity index (χ4n) is 3.19. The number of rotatable bonds is 9. The molecule has 1 aromatic heterocycles. The fourth-order valence-corrected chi connectivity index (χ4v) is 4.03. The molecule has 34 heavy (non-hydrogen) atoms. The normalized spacial score (nSPS) is 10.5. The van der Waals surface area contributed by atoms with Crippen LogP contribution < -0.4 is 15.4 Å². The Labute approximate surface area is 206 Å². The van der Waals surface area contributed by atoms with Gasteiger partial charge < -0.3 is 15.4 Å². The van der Waals surface area contributed by atoms with Crippen LogP contribution in [0, 0.1) is 0 Å². The summed E-state index contributed by atoms with van der Waals surface area (Å²) in [6, 6.07) is 23.7. The number of amides is 2. The van der Waals surface area contributed by atoms with Crippen LogP contribution in [0.5, 0.6) is 5.75 Å². The first-order valence-corrected chi connectivity index (χ1v) is 11.9. The first-order chi connectivity index (χ1) is 16.6. The van der Waals surface area contributed by atoms with Crippen molar-refractivity contribution in [2.45, 2.75) is 19.6 Å². The molecule has 6 nitrogen and oxygen atoms in total. The van der Waals surface area contributed by atoms with E-state index in [1.165, 1.54) is 11.3 Å². The summed E-state index contributed by atoms with van der Waals surface area (Å²) in [6.45, 7) is 0.708. The van der Waals surface area contributed by atoms with Gasteiger partial charge in [-0.1, -0.05) is 54.1 Å². The largest absolute Gasteiger partial charge is 0.486 e. The summed E-state index contributed by atoms with van der Waals surface area (Å²) in [6.07, 6.45) is 0.0947. The minimum Gasteiger partial charge on any atom is -0.486 e. The minimum atomic E-state index is -0.255. The molecule has 4 aromatic rings. The second-order valence-corrected chi connectivity index (χ2v) is 8.79. The van der Waals surface area contributed by atoms with E-state index in [0.29, 0.717) is 40.9 Å². The molecular formula is C26H22ClN3O3S. The number of nitrogens with zero attached hydrogens (tertiary/aromatic N) is 1. The zero-order chi connectivity index (χ0) is 23.8. The molecule has 0 bridgehead atoms. The summed E-state index contributed by atoms with van der Waals surface area (Å²) < 4.78 is 5.70. The molecule has 0 saturated carbocycles. The number of hydrogen-bond acceptors (Lipinski definition) is 5. The van der Waals surface area contributed by atoms with Crippen molar-refractivity contribution in [3.05, 3.63) is 111 Å². The molecule has 0 spiro atoms. The summed E-state index contributed by atoms with van der Waals surface area (Å²) in [5.41, 5.74) is 2.50. The van der Waals surface area contributed by atoms with Crippen LogP contribution in [-0.2, 0) is 24.4 Å². The molecule has 3 aromatic carbocycles. The zero-order valence-corrected chi connectivity index (χ0v) is 19.7. The Balaban J connectivity index is 1.32. The third-order valence-electron chi connectivity index (χ3n) is 4.86. The highest BCUT2D eigenvalue weighted by atomic mass is 35.5. The Morgan fingerprint density at radius 2 is 1.68 bits per heavy atom. The summed E-state index contributed by atoms with van der Waals surface area (Å²) in [4.78, 5) is 29.8. The van der Waals surface area contributed by atoms with Gasteiger partial charge in [-0.3, -0.25) is 9.59 Å². The summed E-state index contributed by atoms with van der Waals surface area (Å²) in [7, 11) is 0. The first kappa shape index (κ1) is 23.5. The molecule has 8 heteroatoms. The molecule has 0 fully saturated rings. The van der Waals surface area contributed by atoms with Gasteiger partial charge in [0.25, 0.3) is 5.91 Å². The van der Waals surface area contributed by atoms with Gasteiger partial charge in [-0.15, -0.1) is 11.3 Å². The second-order valence-electron chi connectivity index (χ2n) is 7.41. The Kier molecular flexibility index (Phi) is 7.91. The lowest BCUT2D eigenvalue weighted by molar-refractivity contribution is -0.115. The van der Waals surface area contributed by atoms with E-state index in [2.05, 4.69) is 15.6 Å². The number of para-hydroxylation sites is 1. The van der Waals surface area contributed by atoms with Crippen LogP contribution in [0.2, 0.25) is 5.02 Å². The predicted octanol–water partition coefficient (Wildman–Crippen LogP) is 5.49. The summed E-state index contributed by atoms with van der Waals surface area (Å²) in [5, 5.41) is 8.96. The van der Waals surface area contributed by atoms with Crippen molar-refractivity contribution in [2.75, 3.05) is 5.32 Å². The number of ether oxygens (including phenoxy) is 1. The second kappa shape index (κ2) is 11.4. The van der Waals surface area contributed by atoms with Crippen molar-refractivity contribution in [3.63, 3.8) is 0 Å². The third kappa shape index (κ3) is 6.66. The van der Waals surface area contributed by atoms with Gasteiger partial charge in [0.2, 0.25) is 5.91 Å². The molecule has 2 amide bonds. The lowest BCUT2D eigenvalue weighted by atomic mass is 10.1. The van der Waals surface area contributed by atoms with E-state index < -0.39 is 0 Å². The van der Waals surface area contributed by atoms with E-state index in [9.17, 15) is 9.59 Å². The number of thiazole rings is 1. The van der Waals surface area contributed by atoms with Crippen LogP contribution in [0.15, 0.2) is 84.2 Å². The van der Waals surface area contributed by atoms with Crippen LogP contribution in [0.4, 0.5) is 5.69 Å². The smallest absolute Gasteiger partial charge is 0.253 e. The maximum Gasteiger partial charge on any atom is 0.253 e. The van der Waals surface area contributed by atoms with Gasteiger partial charge in [0.15, 0.2) is 0 Å². The van der Waals surface area contributed by atoms with Crippen LogP contribution >= 0.6 is 22.9 Å². The number of anilines is 1. The molecule has 0 saturated heterocycles. The van der Waals surface area contributed by atoms with Crippen molar-refractivity contribution >= 4 is 40.4 Å². The van der Waals surface area contributed by atoms with E-state index in [1.54, 1.807) is 48.5 Å². The van der Waals surface area contributed by atoms with Crippen LogP contribution in [0.25, 0.3) is 0 Å². The Morgan fingerprint density at radius 3 is 2.47 bits per heavy atom. The van der Waals surface area contributed by atoms with Crippen LogP contribution in [0.3, 0.4) is 0 Å². The highest BCUT2D eigenvalue weighted by Crippen LogP contribution is 2.19. The highest BCUT2D eigenvalue weighted by molar-refractivity contribution is 7.09. The lowest BCUT2D eigenvalue weighted by Crippen LogP contribution is -2.25. The van der Waals surface area contributed by atoms with E-state index >= 15 is 0 Å². The average molecular weight is 492 g/mol. The molecule has 0 aliphatic carbocycles. The molecule has 0 aliphatic rings. The van der Waals surface area contributed by atoms with Gasteiger partial charge in [0.05, 0.1) is 23.4 Å². The Bertz CT molecular complexity index is 1260. The van der Waals surface area contributed by atoms with Crippen LogP contribution in [0.1, 0.15) is 26.6 Å². The van der Waals surface area contributed by atoms with Crippen molar-refractivity contribution in [1.82, 2.24) is 10.3 Å². The Hall–Kier alpha value is -3.68. The van der Waals surface area contributed by atoms with Gasteiger partial charge >= 0.3 is 0 Å². The SMILES string of the molecule is O=C(Cc1csc(COc2ccc(Cl)cc2)n1)Nc1ccccc1C(=O)NCc1ccccc1. The van der Waals surface area contributed by atoms with Gasteiger partial charge in [-0.2, -0.15) is 0 Å². The molecule has 0 unspecified atom stereocenters. The molecule has 0 radical (unpaired) electrons. The number of nitrogens with one attached hydrogen (secondary N) is 2. The monoisotopic (exact) mass is 491 g/mol. The quantitative estimate of drug-likeness (QED) is 0.324. The topological polar surface area (TPSA) is 80.3 Å². The number of benzene rings is 3. The Morgan fingerprint density at radius 1 is 0.941 bits per heavy atom. The standard InChI is InChI=1S/C26H22ClN3O3S/c27-19-10-12-21(13-11-19)33-16-25-29-20(17-34-25)14-24(31)30-23-9-5-4-8-22(23)26(32)28-15-18-6-2-1-3-7-18/h1-13,17H,14-16H2,(H,28,32)(H,30,31). The van der Waals surface area contributed by atoms with E-state index in [1.807, 2.05) is 35.7 Å². The van der Waals surface area contributed by atoms with E-state index in [-0.39, 0.29) is 18.2 Å². The van der Waals surface area contributed by atoms with E-state index in [0.717, 1.165) is 10.6 Å². The molecule has 0 aliphatic heterocycles. The number of carbonyl (C=O) groups excluding carboxylic acids is 2. The maximum atomic E-state index is 12.7. The average Bonchev–Trinajstić information content (AvgIpc) is 3.30. The summed E-state index contributed by atoms with van der Waals surface area (Å²) in [5.74, 6) is 0.190. The van der Waals surface area contributed by atoms with Crippen molar-refractivity contribution in [1.29, 1.82) is 0 Å². The number of aromatic nitrogens is 1. The van der Waals surface area contributed by atoms with Crippen LogP contribution in [-0.4, -0.2) is 16.8 Å². The number of hydrogen-bond donors (Lipinski definition) is 2. The lowest BCUT2D eigenvalue weighted by Gasteiger charge is -2.11. The maximum absolute atomic E-state index is 12.7. The molecule has 0 atom stereocenters. The minimum absolute atomic E-state index is 0.0947. The highest BCUT2D eigenvalue weighted by Gasteiger charge is 2.14. The first-order valence-electron chi connectivity index (χ1n) is 10.6. The molecular weight excluding hydrogens is 470 g/mol. The summed E-state index contributed by atoms with van der Waals surface area (Å²) >= 11 is 7.31. The third-order valence-corrected chi connectivity index (χ3v) is 5.98. The van der Waals surface area contributed by atoms with Crippen molar-refractivity contribution in [3.8, 4) is 5.75 Å². The number of carbonyl (C=O) groups is 2. The van der Waals surface area contributed by atoms with Crippen molar-refractivity contribution < 1.29 is 14.3 Å². The molecule has 4 rings (SSSR count). The molecule has 1 heterocycles. The number of halogens is 1. The zero-order valence-electron chi connectivity index (χ0n) is 18.2.